The molecular weight excluding hydrogens is 318 g/mol. The number of H-pyrrole nitrogens is 1. The summed E-state index contributed by atoms with van der Waals surface area (Å²) >= 11 is 0. The average molecular weight is 337 g/mol. The highest BCUT2D eigenvalue weighted by Crippen LogP contribution is 2.25. The Morgan fingerprint density at radius 3 is 2.84 bits per heavy atom. The second-order valence-electron chi connectivity index (χ2n) is 6.15. The van der Waals surface area contributed by atoms with E-state index in [0.29, 0.717) is 31.2 Å². The minimum Gasteiger partial charge on any atom is -0.394 e. The van der Waals surface area contributed by atoms with Crippen LogP contribution in [0.4, 0.5) is 0 Å². The summed E-state index contributed by atoms with van der Waals surface area (Å²) in [6.07, 6.45) is 1.77. The van der Waals surface area contributed by atoms with Gasteiger partial charge < -0.3 is 15.0 Å². The van der Waals surface area contributed by atoms with E-state index in [1.807, 2.05) is 37.3 Å². The van der Waals surface area contributed by atoms with Crippen molar-refractivity contribution in [2.45, 2.75) is 26.6 Å². The van der Waals surface area contributed by atoms with Gasteiger partial charge in [-0.05, 0) is 6.92 Å². The van der Waals surface area contributed by atoms with Gasteiger partial charge >= 0.3 is 0 Å². The summed E-state index contributed by atoms with van der Waals surface area (Å²) in [6, 6.07) is 9.75. The maximum absolute atomic E-state index is 12.9. The maximum atomic E-state index is 12.9. The normalized spacial score (nSPS) is 13.3. The third-order valence-corrected chi connectivity index (χ3v) is 4.47. The Kier molecular flexibility index (Phi) is 3.85. The van der Waals surface area contributed by atoms with Gasteiger partial charge in [0.05, 0.1) is 31.6 Å². The van der Waals surface area contributed by atoms with Crippen LogP contribution in [0.2, 0.25) is 0 Å². The first-order valence-electron chi connectivity index (χ1n) is 8.23. The van der Waals surface area contributed by atoms with Crippen LogP contribution in [0.5, 0.6) is 0 Å². The van der Waals surface area contributed by atoms with Crippen molar-refractivity contribution in [1.82, 2.24) is 24.6 Å². The molecule has 25 heavy (non-hydrogen) atoms. The molecule has 1 aliphatic heterocycles. The number of benzene rings is 1. The first kappa shape index (κ1) is 15.6. The molecular formula is C18H19N5O2. The SMILES string of the molecule is Cc1[nH]c(-c2ccccc2)nc1C(=O)N1Cc2cnn(CCO)c2C1. The van der Waals surface area contributed by atoms with Crippen LogP contribution in [0.3, 0.4) is 0 Å². The summed E-state index contributed by atoms with van der Waals surface area (Å²) in [4.78, 5) is 22.4. The number of nitrogens with one attached hydrogen (secondary N) is 1. The van der Waals surface area contributed by atoms with Crippen LogP contribution in [0.15, 0.2) is 36.5 Å². The van der Waals surface area contributed by atoms with E-state index >= 15 is 0 Å². The highest BCUT2D eigenvalue weighted by Gasteiger charge is 2.30. The number of aryl methyl sites for hydroxylation is 1. The van der Waals surface area contributed by atoms with Crippen molar-refractivity contribution in [2.75, 3.05) is 6.61 Å². The molecule has 0 bridgehead atoms. The van der Waals surface area contributed by atoms with Crippen LogP contribution < -0.4 is 0 Å². The number of hydrogen-bond donors (Lipinski definition) is 2. The van der Waals surface area contributed by atoms with Gasteiger partial charge in [-0.25, -0.2) is 4.98 Å². The smallest absolute Gasteiger partial charge is 0.275 e. The highest BCUT2D eigenvalue weighted by atomic mass is 16.3. The minimum atomic E-state index is -0.0947. The number of rotatable bonds is 4. The third kappa shape index (κ3) is 2.72. The molecule has 0 saturated carbocycles. The van der Waals surface area contributed by atoms with Crippen molar-refractivity contribution in [3.63, 3.8) is 0 Å². The maximum Gasteiger partial charge on any atom is 0.275 e. The van der Waals surface area contributed by atoms with E-state index in [-0.39, 0.29) is 12.5 Å². The number of aliphatic hydroxyl groups is 1. The summed E-state index contributed by atoms with van der Waals surface area (Å²) < 4.78 is 1.76. The molecule has 128 valence electrons. The standard InChI is InChI=1S/C18H19N5O2/c1-12-16(21-17(20-12)13-5-3-2-4-6-13)18(25)22-10-14-9-19-23(7-8-24)15(14)11-22/h2-6,9,24H,7-8,10-11H2,1H3,(H,20,21). The number of carbonyl (C=O) groups excluding carboxylic acids is 1. The third-order valence-electron chi connectivity index (χ3n) is 4.47. The van der Waals surface area contributed by atoms with E-state index in [1.54, 1.807) is 15.8 Å². The highest BCUT2D eigenvalue weighted by molar-refractivity contribution is 5.94. The van der Waals surface area contributed by atoms with Gasteiger partial charge in [-0.3, -0.25) is 9.48 Å². The van der Waals surface area contributed by atoms with Crippen molar-refractivity contribution in [1.29, 1.82) is 0 Å². The number of nitrogens with zero attached hydrogens (tertiary/aromatic N) is 4. The predicted octanol–water partition coefficient (Wildman–Crippen LogP) is 1.73. The molecule has 0 aliphatic carbocycles. The number of hydrogen-bond acceptors (Lipinski definition) is 4. The van der Waals surface area contributed by atoms with Gasteiger partial charge in [0, 0.05) is 23.4 Å². The molecule has 4 rings (SSSR count). The molecule has 0 unspecified atom stereocenters. The van der Waals surface area contributed by atoms with Gasteiger partial charge in [0.15, 0.2) is 0 Å². The molecule has 3 heterocycles. The first-order valence-corrected chi connectivity index (χ1v) is 8.23. The summed E-state index contributed by atoms with van der Waals surface area (Å²) in [5.41, 5.74) is 4.17. The molecule has 0 atom stereocenters. The zero-order chi connectivity index (χ0) is 17.4. The second-order valence-corrected chi connectivity index (χ2v) is 6.15. The molecule has 1 aliphatic rings. The minimum absolute atomic E-state index is 0.0287. The number of aliphatic hydroxyl groups excluding tert-OH is 1. The summed E-state index contributed by atoms with van der Waals surface area (Å²) in [5, 5.41) is 13.4. The van der Waals surface area contributed by atoms with E-state index in [2.05, 4.69) is 15.1 Å². The van der Waals surface area contributed by atoms with Gasteiger partial charge in [-0.15, -0.1) is 0 Å². The van der Waals surface area contributed by atoms with Crippen molar-refractivity contribution in [3.8, 4) is 11.4 Å². The number of aromatic amines is 1. The average Bonchev–Trinajstić information content (AvgIpc) is 3.31. The monoisotopic (exact) mass is 337 g/mol. The van der Waals surface area contributed by atoms with Crippen molar-refractivity contribution >= 4 is 5.91 Å². The topological polar surface area (TPSA) is 87.0 Å². The molecule has 1 aromatic carbocycles. The molecule has 7 nitrogen and oxygen atoms in total. The lowest BCUT2D eigenvalue weighted by Gasteiger charge is -2.15. The van der Waals surface area contributed by atoms with E-state index in [1.165, 1.54) is 0 Å². The van der Waals surface area contributed by atoms with Gasteiger partial charge in [-0.2, -0.15) is 5.10 Å². The lowest BCUT2D eigenvalue weighted by atomic mass is 10.2. The number of carbonyl (C=O) groups is 1. The van der Waals surface area contributed by atoms with Gasteiger partial charge in [0.1, 0.15) is 11.5 Å². The molecule has 0 radical (unpaired) electrons. The van der Waals surface area contributed by atoms with Gasteiger partial charge in [0.25, 0.3) is 5.91 Å². The number of fused-ring (bicyclic) bond motifs is 1. The van der Waals surface area contributed by atoms with E-state index in [4.69, 9.17) is 5.11 Å². The Bertz CT molecular complexity index is 913. The fourth-order valence-electron chi connectivity index (χ4n) is 3.19. The van der Waals surface area contributed by atoms with Crippen molar-refractivity contribution in [2.24, 2.45) is 0 Å². The quantitative estimate of drug-likeness (QED) is 0.759. The lowest BCUT2D eigenvalue weighted by molar-refractivity contribution is 0.0741. The Balaban J connectivity index is 1.57. The molecule has 1 amide bonds. The predicted molar refractivity (Wildman–Crippen MR) is 91.7 cm³/mol. The van der Waals surface area contributed by atoms with Crippen LogP contribution in [0.25, 0.3) is 11.4 Å². The molecule has 2 aromatic heterocycles. The molecule has 0 spiro atoms. The molecule has 3 aromatic rings. The summed E-state index contributed by atoms with van der Waals surface area (Å²) in [7, 11) is 0. The Morgan fingerprint density at radius 2 is 2.08 bits per heavy atom. The van der Waals surface area contributed by atoms with E-state index < -0.39 is 0 Å². The van der Waals surface area contributed by atoms with Gasteiger partial charge in [0.2, 0.25) is 0 Å². The number of amides is 1. The molecule has 2 N–H and O–H groups in total. The van der Waals surface area contributed by atoms with Crippen molar-refractivity contribution in [3.05, 3.63) is 59.2 Å². The lowest BCUT2D eigenvalue weighted by Crippen LogP contribution is -2.27. The Morgan fingerprint density at radius 1 is 1.28 bits per heavy atom. The summed E-state index contributed by atoms with van der Waals surface area (Å²) in [5.74, 6) is 0.604. The number of aromatic nitrogens is 4. The van der Waals surface area contributed by atoms with Crippen LogP contribution in [0, 0.1) is 6.92 Å². The Labute approximate surface area is 144 Å². The largest absolute Gasteiger partial charge is 0.394 e. The van der Waals surface area contributed by atoms with Crippen molar-refractivity contribution < 1.29 is 9.90 Å². The van der Waals surface area contributed by atoms with Gasteiger partial charge in [-0.1, -0.05) is 30.3 Å². The molecule has 0 saturated heterocycles. The molecule has 0 fully saturated rings. The first-order chi connectivity index (χ1) is 12.2. The fraction of sp³-hybridized carbons (Fsp3) is 0.278. The zero-order valence-electron chi connectivity index (χ0n) is 13.9. The zero-order valence-corrected chi connectivity index (χ0v) is 13.9. The molecule has 7 heteroatoms. The van der Waals surface area contributed by atoms with Crippen LogP contribution in [-0.2, 0) is 19.6 Å². The van der Waals surface area contributed by atoms with Crippen LogP contribution in [-0.4, -0.2) is 42.3 Å². The van der Waals surface area contributed by atoms with Crippen LogP contribution in [0.1, 0.15) is 27.4 Å². The fourth-order valence-corrected chi connectivity index (χ4v) is 3.19. The number of imidazole rings is 1. The Hall–Kier alpha value is -2.93. The van der Waals surface area contributed by atoms with E-state index in [0.717, 1.165) is 22.5 Å². The summed E-state index contributed by atoms with van der Waals surface area (Å²) in [6.45, 7) is 3.34. The van der Waals surface area contributed by atoms with Crippen LogP contribution >= 0.6 is 0 Å². The second kappa shape index (κ2) is 6.18. The van der Waals surface area contributed by atoms with E-state index in [9.17, 15) is 4.79 Å².